The maximum Gasteiger partial charge on any atom is 0.0597 e. The van der Waals surface area contributed by atoms with E-state index in [1.807, 2.05) is 0 Å². The monoisotopic (exact) mass is 226 g/mol. The van der Waals surface area contributed by atoms with Crippen LogP contribution in [0.5, 0.6) is 0 Å². The van der Waals surface area contributed by atoms with Gasteiger partial charge in [-0.05, 0) is 37.6 Å². The molecule has 2 rings (SSSR count). The molecule has 1 heterocycles. The van der Waals surface area contributed by atoms with Crippen LogP contribution in [0, 0.1) is 11.8 Å². The molecule has 1 saturated heterocycles. The first kappa shape index (κ1) is 12.3. The first-order chi connectivity index (χ1) is 7.69. The van der Waals surface area contributed by atoms with E-state index in [2.05, 4.69) is 24.1 Å². The van der Waals surface area contributed by atoms with Gasteiger partial charge in [-0.1, -0.05) is 13.8 Å². The van der Waals surface area contributed by atoms with Crippen molar-refractivity contribution in [3.8, 4) is 0 Å². The van der Waals surface area contributed by atoms with Gasteiger partial charge in [-0.15, -0.1) is 0 Å². The fraction of sp³-hybridized carbons (Fsp3) is 1.00. The molecule has 0 aromatic carbocycles. The molecule has 0 bridgehead atoms. The van der Waals surface area contributed by atoms with Gasteiger partial charge in [0.15, 0.2) is 0 Å². The van der Waals surface area contributed by atoms with Crippen molar-refractivity contribution < 1.29 is 5.11 Å². The summed E-state index contributed by atoms with van der Waals surface area (Å²) in [4.78, 5) is 2.51. The minimum atomic E-state index is 0.275. The quantitative estimate of drug-likeness (QED) is 0.736. The Morgan fingerprint density at radius 1 is 1.25 bits per heavy atom. The van der Waals surface area contributed by atoms with Gasteiger partial charge >= 0.3 is 0 Å². The van der Waals surface area contributed by atoms with Crippen LogP contribution in [0.4, 0.5) is 0 Å². The van der Waals surface area contributed by atoms with Crippen LogP contribution in [0.25, 0.3) is 0 Å². The lowest BCUT2D eigenvalue weighted by Crippen LogP contribution is -2.48. The summed E-state index contributed by atoms with van der Waals surface area (Å²) >= 11 is 0. The fourth-order valence-electron chi connectivity index (χ4n) is 2.57. The molecule has 0 spiro atoms. The molecule has 3 nitrogen and oxygen atoms in total. The van der Waals surface area contributed by atoms with Crippen LogP contribution >= 0.6 is 0 Å². The Bertz CT molecular complexity index is 218. The fourth-order valence-corrected chi connectivity index (χ4v) is 2.57. The average molecular weight is 226 g/mol. The van der Waals surface area contributed by atoms with Crippen molar-refractivity contribution in [2.45, 2.75) is 45.2 Å². The molecular weight excluding hydrogens is 200 g/mol. The first-order valence-corrected chi connectivity index (χ1v) is 6.78. The molecule has 16 heavy (non-hydrogen) atoms. The number of aliphatic hydroxyl groups is 1. The van der Waals surface area contributed by atoms with Crippen LogP contribution in [0.15, 0.2) is 0 Å². The number of likely N-dealkylation sites (tertiary alicyclic amines) is 1. The molecule has 0 radical (unpaired) electrons. The summed E-state index contributed by atoms with van der Waals surface area (Å²) in [5, 5.41) is 12.9. The van der Waals surface area contributed by atoms with E-state index >= 15 is 0 Å². The molecule has 0 amide bonds. The molecular formula is C13H26N2O. The number of piperidine rings is 1. The summed E-state index contributed by atoms with van der Waals surface area (Å²) < 4.78 is 0. The third-order valence-corrected chi connectivity index (χ3v) is 4.17. The van der Waals surface area contributed by atoms with Gasteiger partial charge in [-0.2, -0.15) is 0 Å². The van der Waals surface area contributed by atoms with Crippen LogP contribution in [0.3, 0.4) is 0 Å². The summed E-state index contributed by atoms with van der Waals surface area (Å²) in [6, 6.07) is 0.978. The Morgan fingerprint density at radius 2 is 2.00 bits per heavy atom. The second kappa shape index (κ2) is 5.48. The average Bonchev–Trinajstić information content (AvgIpc) is 3.06. The number of hydrogen-bond donors (Lipinski definition) is 2. The van der Waals surface area contributed by atoms with Crippen LogP contribution < -0.4 is 5.32 Å². The minimum absolute atomic E-state index is 0.275. The van der Waals surface area contributed by atoms with E-state index in [1.165, 1.54) is 32.4 Å². The molecule has 94 valence electrons. The summed E-state index contributed by atoms with van der Waals surface area (Å²) in [5.41, 5.74) is 0. The number of nitrogens with zero attached hydrogens (tertiary/aromatic N) is 1. The topological polar surface area (TPSA) is 35.5 Å². The van der Waals surface area contributed by atoms with Crippen molar-refractivity contribution in [3.63, 3.8) is 0 Å². The zero-order valence-electron chi connectivity index (χ0n) is 10.7. The molecule has 2 N–H and O–H groups in total. The summed E-state index contributed by atoms with van der Waals surface area (Å²) in [6.07, 6.45) is 3.90. The minimum Gasteiger partial charge on any atom is -0.395 e. The van der Waals surface area contributed by atoms with Gasteiger partial charge < -0.3 is 15.3 Å². The summed E-state index contributed by atoms with van der Waals surface area (Å²) in [7, 11) is 0. The zero-order chi connectivity index (χ0) is 11.5. The molecule has 2 fully saturated rings. The van der Waals surface area contributed by atoms with Crippen LogP contribution in [0.1, 0.15) is 33.1 Å². The van der Waals surface area contributed by atoms with Gasteiger partial charge in [0.2, 0.25) is 0 Å². The number of nitrogens with one attached hydrogen (secondary N) is 1. The lowest BCUT2D eigenvalue weighted by molar-refractivity contribution is 0.111. The SMILES string of the molecule is CC1CCN(CC(CO)NC2CC2)CC1C. The number of rotatable bonds is 5. The third kappa shape index (κ3) is 3.44. The highest BCUT2D eigenvalue weighted by Gasteiger charge is 2.27. The highest BCUT2D eigenvalue weighted by molar-refractivity contribution is 4.87. The number of aliphatic hydroxyl groups excluding tert-OH is 1. The Balaban J connectivity index is 1.74. The van der Waals surface area contributed by atoms with Crippen LogP contribution in [0.2, 0.25) is 0 Å². The molecule has 1 saturated carbocycles. The Hall–Kier alpha value is -0.120. The van der Waals surface area contributed by atoms with Crippen molar-refractivity contribution in [3.05, 3.63) is 0 Å². The second-order valence-corrected chi connectivity index (χ2v) is 5.82. The molecule has 3 heteroatoms. The third-order valence-electron chi connectivity index (χ3n) is 4.17. The Morgan fingerprint density at radius 3 is 2.56 bits per heavy atom. The van der Waals surface area contributed by atoms with Crippen LogP contribution in [-0.2, 0) is 0 Å². The van der Waals surface area contributed by atoms with Gasteiger partial charge in [0, 0.05) is 25.2 Å². The lowest BCUT2D eigenvalue weighted by Gasteiger charge is -2.37. The molecule has 2 aliphatic rings. The second-order valence-electron chi connectivity index (χ2n) is 5.82. The van der Waals surface area contributed by atoms with Crippen molar-refractivity contribution in [1.82, 2.24) is 10.2 Å². The Labute approximate surface area is 99.2 Å². The van der Waals surface area contributed by atoms with E-state index in [0.717, 1.165) is 18.4 Å². The van der Waals surface area contributed by atoms with E-state index in [0.29, 0.717) is 6.04 Å². The smallest absolute Gasteiger partial charge is 0.0597 e. The van der Waals surface area contributed by atoms with Gasteiger partial charge in [-0.25, -0.2) is 0 Å². The van der Waals surface area contributed by atoms with Gasteiger partial charge in [0.1, 0.15) is 0 Å². The molecule has 0 aromatic heterocycles. The largest absolute Gasteiger partial charge is 0.395 e. The van der Waals surface area contributed by atoms with E-state index in [9.17, 15) is 5.11 Å². The van der Waals surface area contributed by atoms with E-state index in [-0.39, 0.29) is 12.6 Å². The molecule has 1 aliphatic carbocycles. The van der Waals surface area contributed by atoms with E-state index in [4.69, 9.17) is 0 Å². The van der Waals surface area contributed by atoms with Crippen molar-refractivity contribution in [2.75, 3.05) is 26.2 Å². The highest BCUT2D eigenvalue weighted by Crippen LogP contribution is 2.23. The van der Waals surface area contributed by atoms with Gasteiger partial charge in [0.05, 0.1) is 6.61 Å². The predicted octanol–water partition coefficient (Wildman–Crippen LogP) is 1.08. The van der Waals surface area contributed by atoms with Crippen molar-refractivity contribution in [1.29, 1.82) is 0 Å². The molecule has 3 atom stereocenters. The standard InChI is InChI=1S/C13H26N2O/c1-10-5-6-15(7-11(10)2)8-13(9-16)14-12-3-4-12/h10-14,16H,3-9H2,1-2H3. The summed E-state index contributed by atoms with van der Waals surface area (Å²) in [6.45, 7) is 8.40. The number of hydrogen-bond acceptors (Lipinski definition) is 3. The molecule has 1 aliphatic heterocycles. The molecule has 0 aromatic rings. The van der Waals surface area contributed by atoms with Crippen LogP contribution in [-0.4, -0.2) is 48.3 Å². The van der Waals surface area contributed by atoms with E-state index in [1.54, 1.807) is 0 Å². The maximum atomic E-state index is 9.36. The maximum absolute atomic E-state index is 9.36. The van der Waals surface area contributed by atoms with E-state index < -0.39 is 0 Å². The van der Waals surface area contributed by atoms with Gasteiger partial charge in [-0.3, -0.25) is 0 Å². The van der Waals surface area contributed by atoms with Gasteiger partial charge in [0.25, 0.3) is 0 Å². The first-order valence-electron chi connectivity index (χ1n) is 6.78. The lowest BCUT2D eigenvalue weighted by atomic mass is 9.88. The summed E-state index contributed by atoms with van der Waals surface area (Å²) in [5.74, 6) is 1.66. The predicted molar refractivity (Wildman–Crippen MR) is 66.4 cm³/mol. The normalized spacial score (nSPS) is 33.9. The Kier molecular flexibility index (Phi) is 4.22. The van der Waals surface area contributed by atoms with Crippen molar-refractivity contribution >= 4 is 0 Å². The zero-order valence-corrected chi connectivity index (χ0v) is 10.7. The highest BCUT2D eigenvalue weighted by atomic mass is 16.3. The van der Waals surface area contributed by atoms with Crippen molar-refractivity contribution in [2.24, 2.45) is 11.8 Å². The molecule has 3 unspecified atom stereocenters.